The number of Topliss-reactive ketones (excluding diaryl/α,β-unsaturated/α-hetero) is 1. The fourth-order valence-electron chi connectivity index (χ4n) is 2.79. The molecular formula is C20H20O5. The number of carbonyl (C=O) groups is 1. The summed E-state index contributed by atoms with van der Waals surface area (Å²) >= 11 is 0. The van der Waals surface area contributed by atoms with Crippen molar-refractivity contribution in [3.05, 3.63) is 52.1 Å². The Labute approximate surface area is 146 Å². The van der Waals surface area contributed by atoms with Crippen LogP contribution in [0.2, 0.25) is 0 Å². The van der Waals surface area contributed by atoms with Gasteiger partial charge in [0.15, 0.2) is 17.3 Å². The van der Waals surface area contributed by atoms with Gasteiger partial charge in [0.05, 0.1) is 19.8 Å². The van der Waals surface area contributed by atoms with E-state index >= 15 is 0 Å². The maximum Gasteiger partial charge on any atom is 0.200 e. The first-order valence-electron chi connectivity index (χ1n) is 7.89. The largest absolute Gasteiger partial charge is 0.502 e. The lowest BCUT2D eigenvalue weighted by atomic mass is 9.95. The molecular weight excluding hydrogens is 320 g/mol. The molecule has 1 aliphatic rings. The van der Waals surface area contributed by atoms with Gasteiger partial charge in [-0.25, -0.2) is 0 Å². The third-order valence-corrected chi connectivity index (χ3v) is 4.36. The number of methoxy groups -OCH3 is 2. The zero-order valence-corrected chi connectivity index (χ0v) is 14.7. The number of hydrogen-bond acceptors (Lipinski definition) is 5. The second kappa shape index (κ2) is 6.51. The number of carbonyl (C=O) groups excluding carboxylic acids is 1. The van der Waals surface area contributed by atoms with Crippen molar-refractivity contribution >= 4 is 11.9 Å². The second-order valence-electron chi connectivity index (χ2n) is 5.99. The summed E-state index contributed by atoms with van der Waals surface area (Å²) in [5, 5.41) is 10.00. The lowest BCUT2D eigenvalue weighted by molar-refractivity contribution is 0.100. The molecule has 2 aromatic rings. The van der Waals surface area contributed by atoms with E-state index < -0.39 is 0 Å². The average Bonchev–Trinajstić information content (AvgIpc) is 2.60. The Bertz CT molecular complexity index is 855. The highest BCUT2D eigenvalue weighted by atomic mass is 16.5. The molecule has 0 fully saturated rings. The maximum absolute atomic E-state index is 12.8. The molecule has 0 radical (unpaired) electrons. The number of aryl methyl sites for hydroxylation is 2. The highest BCUT2D eigenvalue weighted by Crippen LogP contribution is 2.38. The predicted molar refractivity (Wildman–Crippen MR) is 94.9 cm³/mol. The Morgan fingerprint density at radius 1 is 1.04 bits per heavy atom. The zero-order valence-electron chi connectivity index (χ0n) is 14.7. The van der Waals surface area contributed by atoms with Gasteiger partial charge in [0.25, 0.3) is 0 Å². The predicted octanol–water partition coefficient (Wildman–Crippen LogP) is 3.68. The smallest absolute Gasteiger partial charge is 0.200 e. The number of benzene rings is 2. The van der Waals surface area contributed by atoms with Crippen molar-refractivity contribution in [2.75, 3.05) is 20.8 Å². The lowest BCUT2D eigenvalue weighted by Crippen LogP contribution is -2.19. The van der Waals surface area contributed by atoms with Crippen LogP contribution in [0.15, 0.2) is 29.8 Å². The van der Waals surface area contributed by atoms with E-state index in [0.29, 0.717) is 22.4 Å². The summed E-state index contributed by atoms with van der Waals surface area (Å²) in [6, 6.07) is 7.05. The third kappa shape index (κ3) is 3.05. The number of rotatable bonds is 3. The molecule has 0 unspecified atom stereocenters. The van der Waals surface area contributed by atoms with Crippen molar-refractivity contribution in [2.24, 2.45) is 0 Å². The second-order valence-corrected chi connectivity index (χ2v) is 5.99. The zero-order chi connectivity index (χ0) is 18.1. The Morgan fingerprint density at radius 3 is 2.24 bits per heavy atom. The molecule has 0 amide bonds. The normalized spacial score (nSPS) is 14.9. The fraction of sp³-hybridized carbons (Fsp3) is 0.250. The van der Waals surface area contributed by atoms with Crippen molar-refractivity contribution in [3.8, 4) is 23.0 Å². The fourth-order valence-corrected chi connectivity index (χ4v) is 2.79. The van der Waals surface area contributed by atoms with Gasteiger partial charge in [-0.2, -0.15) is 0 Å². The van der Waals surface area contributed by atoms with Crippen LogP contribution in [0, 0.1) is 13.8 Å². The van der Waals surface area contributed by atoms with Gasteiger partial charge < -0.3 is 19.3 Å². The van der Waals surface area contributed by atoms with Crippen molar-refractivity contribution in [1.82, 2.24) is 0 Å². The number of phenolic OH excluding ortho intramolecular Hbond substituents is 1. The molecule has 1 aliphatic heterocycles. The third-order valence-electron chi connectivity index (χ3n) is 4.36. The van der Waals surface area contributed by atoms with E-state index in [1.165, 1.54) is 14.2 Å². The van der Waals surface area contributed by atoms with E-state index in [0.717, 1.165) is 11.1 Å². The van der Waals surface area contributed by atoms with E-state index in [4.69, 9.17) is 14.2 Å². The van der Waals surface area contributed by atoms with Gasteiger partial charge in [0.1, 0.15) is 12.4 Å². The Morgan fingerprint density at radius 2 is 1.64 bits per heavy atom. The van der Waals surface area contributed by atoms with E-state index in [9.17, 15) is 9.90 Å². The minimum Gasteiger partial charge on any atom is -0.502 e. The molecule has 1 heterocycles. The van der Waals surface area contributed by atoms with Crippen LogP contribution in [0.1, 0.15) is 27.0 Å². The molecule has 0 spiro atoms. The standard InChI is InChI=1S/C20H20O5/c1-11-5-15-16(6-12(11)2)25-10-14(19(15)21)7-13-8-17(23-3)20(22)18(9-13)24-4/h5-9,22H,10H2,1-4H3/b14-7-. The number of aromatic hydroxyl groups is 1. The van der Waals surface area contributed by atoms with Crippen LogP contribution in [0.4, 0.5) is 0 Å². The van der Waals surface area contributed by atoms with E-state index in [1.807, 2.05) is 26.0 Å². The van der Waals surface area contributed by atoms with Gasteiger partial charge in [0, 0.05) is 5.57 Å². The molecule has 130 valence electrons. The molecule has 3 rings (SSSR count). The van der Waals surface area contributed by atoms with Crippen molar-refractivity contribution in [2.45, 2.75) is 13.8 Å². The molecule has 2 aromatic carbocycles. The Kier molecular flexibility index (Phi) is 4.40. The Hall–Kier alpha value is -2.95. The number of ketones is 1. The lowest BCUT2D eigenvalue weighted by Gasteiger charge is -2.20. The summed E-state index contributed by atoms with van der Waals surface area (Å²) in [4.78, 5) is 12.8. The van der Waals surface area contributed by atoms with Crippen LogP contribution in [0.25, 0.3) is 6.08 Å². The molecule has 0 atom stereocenters. The van der Waals surface area contributed by atoms with Gasteiger partial charge in [-0.3, -0.25) is 4.79 Å². The summed E-state index contributed by atoms with van der Waals surface area (Å²) in [5.41, 5.74) is 3.92. The monoisotopic (exact) mass is 340 g/mol. The number of fused-ring (bicyclic) bond motifs is 1. The molecule has 0 saturated heterocycles. The van der Waals surface area contributed by atoms with E-state index in [1.54, 1.807) is 18.2 Å². The first kappa shape index (κ1) is 16.9. The summed E-state index contributed by atoms with van der Waals surface area (Å²) in [7, 11) is 2.92. The maximum atomic E-state index is 12.8. The van der Waals surface area contributed by atoms with Crippen LogP contribution >= 0.6 is 0 Å². The van der Waals surface area contributed by atoms with Crippen molar-refractivity contribution in [3.63, 3.8) is 0 Å². The first-order valence-corrected chi connectivity index (χ1v) is 7.89. The molecule has 5 nitrogen and oxygen atoms in total. The van der Waals surface area contributed by atoms with Crippen LogP contribution < -0.4 is 14.2 Å². The minimum absolute atomic E-state index is 0.0599. The van der Waals surface area contributed by atoms with Gasteiger partial charge >= 0.3 is 0 Å². The van der Waals surface area contributed by atoms with Gasteiger partial charge in [-0.15, -0.1) is 0 Å². The Balaban J connectivity index is 2.03. The van der Waals surface area contributed by atoms with Gasteiger partial charge in [0.2, 0.25) is 5.75 Å². The highest BCUT2D eigenvalue weighted by molar-refractivity contribution is 6.14. The van der Waals surface area contributed by atoms with Gasteiger partial charge in [-0.1, -0.05) is 0 Å². The molecule has 0 aliphatic carbocycles. The molecule has 1 N–H and O–H groups in total. The average molecular weight is 340 g/mol. The van der Waals surface area contributed by atoms with Crippen molar-refractivity contribution in [1.29, 1.82) is 0 Å². The van der Waals surface area contributed by atoms with Crippen LogP contribution in [-0.2, 0) is 0 Å². The number of ether oxygens (including phenoxy) is 3. The van der Waals surface area contributed by atoms with E-state index in [-0.39, 0.29) is 29.6 Å². The summed E-state index contributed by atoms with van der Waals surface area (Å²) in [6.45, 7) is 4.15. The molecule has 25 heavy (non-hydrogen) atoms. The first-order chi connectivity index (χ1) is 11.9. The minimum atomic E-state index is -0.0742. The van der Waals surface area contributed by atoms with Crippen LogP contribution in [-0.4, -0.2) is 31.7 Å². The quantitative estimate of drug-likeness (QED) is 0.864. The van der Waals surface area contributed by atoms with Gasteiger partial charge in [-0.05, 0) is 60.9 Å². The highest BCUT2D eigenvalue weighted by Gasteiger charge is 2.24. The molecule has 5 heteroatoms. The SMILES string of the molecule is COc1cc(/C=C2/COc3cc(C)c(C)cc3C2=O)cc(OC)c1O. The number of hydrogen-bond donors (Lipinski definition) is 1. The molecule has 0 aromatic heterocycles. The van der Waals surface area contributed by atoms with Crippen molar-refractivity contribution < 1.29 is 24.1 Å². The summed E-state index contributed by atoms with van der Waals surface area (Å²) in [6.07, 6.45) is 1.73. The topological polar surface area (TPSA) is 65.0 Å². The van der Waals surface area contributed by atoms with Crippen LogP contribution in [0.3, 0.4) is 0 Å². The summed E-state index contributed by atoms with van der Waals surface area (Å²) in [5.74, 6) is 1.04. The summed E-state index contributed by atoms with van der Waals surface area (Å²) < 4.78 is 16.1. The number of phenols is 1. The molecule has 0 bridgehead atoms. The van der Waals surface area contributed by atoms with E-state index in [2.05, 4.69) is 0 Å². The van der Waals surface area contributed by atoms with Crippen LogP contribution in [0.5, 0.6) is 23.0 Å². The molecule has 0 saturated carbocycles.